The van der Waals surface area contributed by atoms with E-state index in [1.165, 1.54) is 103 Å². The first kappa shape index (κ1) is 51.2. The van der Waals surface area contributed by atoms with E-state index < -0.39 is 49.5 Å². The predicted molar refractivity (Wildman–Crippen MR) is 226 cm³/mol. The van der Waals surface area contributed by atoms with Gasteiger partial charge in [0, 0.05) is 6.42 Å². The molecule has 320 valence electrons. The van der Waals surface area contributed by atoms with Crippen molar-refractivity contribution in [3.63, 3.8) is 0 Å². The van der Waals surface area contributed by atoms with Gasteiger partial charge in [-0.25, -0.2) is 0 Å². The smallest absolute Gasteiger partial charge is 0.220 e. The van der Waals surface area contributed by atoms with Crippen LogP contribution in [-0.4, -0.2) is 87.5 Å². The maximum atomic E-state index is 12.9. The van der Waals surface area contributed by atoms with E-state index in [0.717, 1.165) is 57.8 Å². The Hall–Kier alpha value is -1.85. The molecular weight excluding hydrogens is 695 g/mol. The minimum atomic E-state index is -1.57. The molecule has 1 aliphatic heterocycles. The van der Waals surface area contributed by atoms with Gasteiger partial charge in [-0.15, -0.1) is 0 Å². The van der Waals surface area contributed by atoms with Gasteiger partial charge >= 0.3 is 0 Å². The summed E-state index contributed by atoms with van der Waals surface area (Å²) in [6.07, 6.45) is 38.8. The van der Waals surface area contributed by atoms with Crippen molar-refractivity contribution < 1.29 is 39.8 Å². The number of hydrogen-bond acceptors (Lipinski definition) is 8. The molecular formula is C46H83NO8. The first-order chi connectivity index (χ1) is 26.8. The SMILES string of the molecule is CCC/C=C/CC/C=C/CC/C=C/C(O)C(COC1OC(CO)C(O)C(O)C1O)NC(=O)CCCCCCCCCCC/C=C\CCCCCCCCCC. The molecule has 9 nitrogen and oxygen atoms in total. The fraction of sp³-hybridized carbons (Fsp3) is 0.804. The van der Waals surface area contributed by atoms with Crippen LogP contribution < -0.4 is 5.32 Å². The van der Waals surface area contributed by atoms with Gasteiger partial charge in [-0.3, -0.25) is 4.79 Å². The number of hydrogen-bond donors (Lipinski definition) is 6. The summed E-state index contributed by atoms with van der Waals surface area (Å²) in [7, 11) is 0. The third-order valence-corrected chi connectivity index (χ3v) is 10.3. The predicted octanol–water partition coefficient (Wildman–Crippen LogP) is 9.06. The zero-order chi connectivity index (χ0) is 40.2. The number of amides is 1. The van der Waals surface area contributed by atoms with Gasteiger partial charge in [0.15, 0.2) is 6.29 Å². The van der Waals surface area contributed by atoms with Gasteiger partial charge in [0.05, 0.1) is 25.4 Å². The summed E-state index contributed by atoms with van der Waals surface area (Å²) in [5.41, 5.74) is 0. The van der Waals surface area contributed by atoms with Gasteiger partial charge in [-0.2, -0.15) is 0 Å². The minimum Gasteiger partial charge on any atom is -0.394 e. The summed E-state index contributed by atoms with van der Waals surface area (Å²) in [5, 5.41) is 54.0. The molecule has 0 aromatic heterocycles. The molecule has 9 heteroatoms. The largest absolute Gasteiger partial charge is 0.394 e. The second-order valence-corrected chi connectivity index (χ2v) is 15.5. The van der Waals surface area contributed by atoms with Crippen LogP contribution in [0.5, 0.6) is 0 Å². The molecule has 1 fully saturated rings. The number of allylic oxidation sites excluding steroid dienone is 7. The molecule has 7 unspecified atom stereocenters. The Bertz CT molecular complexity index is 998. The summed E-state index contributed by atoms with van der Waals surface area (Å²) >= 11 is 0. The molecule has 0 bridgehead atoms. The van der Waals surface area contributed by atoms with Gasteiger partial charge in [0.1, 0.15) is 24.4 Å². The van der Waals surface area contributed by atoms with Crippen LogP contribution in [0.4, 0.5) is 0 Å². The van der Waals surface area contributed by atoms with Crippen LogP contribution in [0, 0.1) is 0 Å². The molecule has 0 saturated carbocycles. The fourth-order valence-corrected chi connectivity index (χ4v) is 6.72. The second kappa shape index (κ2) is 36.5. The van der Waals surface area contributed by atoms with Crippen LogP contribution >= 0.6 is 0 Å². The van der Waals surface area contributed by atoms with Gasteiger partial charge in [0.25, 0.3) is 0 Å². The lowest BCUT2D eigenvalue weighted by molar-refractivity contribution is -0.302. The van der Waals surface area contributed by atoms with E-state index in [0.29, 0.717) is 6.42 Å². The van der Waals surface area contributed by atoms with E-state index in [1.54, 1.807) is 6.08 Å². The van der Waals surface area contributed by atoms with E-state index in [1.807, 2.05) is 6.08 Å². The van der Waals surface area contributed by atoms with Gasteiger partial charge in [-0.05, 0) is 64.2 Å². The third kappa shape index (κ3) is 27.4. The Kier molecular flexibility index (Phi) is 33.9. The van der Waals surface area contributed by atoms with Crippen molar-refractivity contribution >= 4 is 5.91 Å². The normalized spacial score (nSPS) is 21.8. The molecule has 1 rings (SSSR count). The Morgan fingerprint density at radius 2 is 1.07 bits per heavy atom. The van der Waals surface area contributed by atoms with Gasteiger partial charge in [0.2, 0.25) is 5.91 Å². The molecule has 55 heavy (non-hydrogen) atoms. The first-order valence-electron chi connectivity index (χ1n) is 22.4. The van der Waals surface area contributed by atoms with E-state index in [-0.39, 0.29) is 12.5 Å². The average Bonchev–Trinajstić information content (AvgIpc) is 3.18. The van der Waals surface area contributed by atoms with Crippen molar-refractivity contribution in [3.8, 4) is 0 Å². The van der Waals surface area contributed by atoms with Crippen molar-refractivity contribution in [2.24, 2.45) is 0 Å². The Morgan fingerprint density at radius 3 is 1.60 bits per heavy atom. The number of unbranched alkanes of at least 4 members (excludes halogenated alkanes) is 20. The summed E-state index contributed by atoms with van der Waals surface area (Å²) in [6.45, 7) is 3.66. The number of ether oxygens (including phenoxy) is 2. The zero-order valence-electron chi connectivity index (χ0n) is 34.9. The lowest BCUT2D eigenvalue weighted by Gasteiger charge is -2.40. The lowest BCUT2D eigenvalue weighted by atomic mass is 9.99. The number of rotatable bonds is 36. The summed E-state index contributed by atoms with van der Waals surface area (Å²) in [5.74, 6) is -0.197. The summed E-state index contributed by atoms with van der Waals surface area (Å²) in [4.78, 5) is 12.9. The van der Waals surface area contributed by atoms with Crippen LogP contribution in [0.25, 0.3) is 0 Å². The summed E-state index contributed by atoms with van der Waals surface area (Å²) in [6, 6.07) is -0.827. The van der Waals surface area contributed by atoms with Crippen LogP contribution in [0.2, 0.25) is 0 Å². The van der Waals surface area contributed by atoms with Crippen molar-refractivity contribution in [1.29, 1.82) is 0 Å². The number of aliphatic hydroxyl groups is 5. The van der Waals surface area contributed by atoms with Crippen LogP contribution in [0.1, 0.15) is 181 Å². The molecule has 0 aliphatic carbocycles. The van der Waals surface area contributed by atoms with E-state index in [2.05, 4.69) is 55.6 Å². The highest BCUT2D eigenvalue weighted by atomic mass is 16.7. The standard InChI is InChI=1S/C46H83NO8/c1-3-5-7-9-11-13-15-16-17-18-19-20-21-22-23-24-26-28-30-32-34-36-42(50)47-39(38-54-46-45(53)44(52)43(51)41(37-48)55-46)40(49)35-33-31-29-27-25-14-12-10-8-6-4-2/h8,10,18-19,25,27,33,35,39-41,43-46,48-49,51-53H,3-7,9,11-17,20-24,26,28-32,34,36-38H2,1-2H3,(H,47,50)/b10-8+,19-18-,27-25+,35-33+. The highest BCUT2D eigenvalue weighted by Crippen LogP contribution is 2.22. The van der Waals surface area contributed by atoms with Crippen molar-refractivity contribution in [2.45, 2.75) is 224 Å². The van der Waals surface area contributed by atoms with Gasteiger partial charge < -0.3 is 40.3 Å². The molecule has 0 spiro atoms. The van der Waals surface area contributed by atoms with Crippen LogP contribution in [0.3, 0.4) is 0 Å². The van der Waals surface area contributed by atoms with Crippen LogP contribution in [0.15, 0.2) is 48.6 Å². The van der Waals surface area contributed by atoms with Crippen molar-refractivity contribution in [2.75, 3.05) is 13.2 Å². The van der Waals surface area contributed by atoms with Gasteiger partial charge in [-0.1, -0.05) is 159 Å². The van der Waals surface area contributed by atoms with E-state index >= 15 is 0 Å². The Labute approximate surface area is 335 Å². The second-order valence-electron chi connectivity index (χ2n) is 15.5. The molecule has 1 heterocycles. The van der Waals surface area contributed by atoms with Crippen molar-refractivity contribution in [1.82, 2.24) is 5.32 Å². The first-order valence-corrected chi connectivity index (χ1v) is 22.4. The molecule has 6 N–H and O–H groups in total. The Balaban J connectivity index is 2.33. The fourth-order valence-electron chi connectivity index (χ4n) is 6.72. The molecule has 1 saturated heterocycles. The lowest BCUT2D eigenvalue weighted by Crippen LogP contribution is -2.60. The third-order valence-electron chi connectivity index (χ3n) is 10.3. The molecule has 7 atom stereocenters. The summed E-state index contributed by atoms with van der Waals surface area (Å²) < 4.78 is 11.2. The number of nitrogens with one attached hydrogen (secondary N) is 1. The molecule has 1 amide bonds. The molecule has 1 aliphatic rings. The van der Waals surface area contributed by atoms with Crippen LogP contribution in [-0.2, 0) is 14.3 Å². The molecule has 0 aromatic carbocycles. The quantitative estimate of drug-likeness (QED) is 0.0273. The number of carbonyl (C=O) groups is 1. The highest BCUT2D eigenvalue weighted by Gasteiger charge is 2.44. The van der Waals surface area contributed by atoms with Crippen molar-refractivity contribution in [3.05, 3.63) is 48.6 Å². The minimum absolute atomic E-state index is 0.197. The maximum Gasteiger partial charge on any atom is 0.220 e. The Morgan fingerprint density at radius 1 is 0.600 bits per heavy atom. The number of aliphatic hydroxyl groups excluding tert-OH is 5. The topological polar surface area (TPSA) is 149 Å². The monoisotopic (exact) mass is 778 g/mol. The highest BCUT2D eigenvalue weighted by molar-refractivity contribution is 5.76. The van der Waals surface area contributed by atoms with E-state index in [9.17, 15) is 30.3 Å². The molecule has 0 aromatic rings. The molecule has 0 radical (unpaired) electrons. The maximum absolute atomic E-state index is 12.9. The number of carbonyl (C=O) groups excluding carboxylic acids is 1. The average molecular weight is 778 g/mol. The van der Waals surface area contributed by atoms with E-state index in [4.69, 9.17) is 9.47 Å². The zero-order valence-corrected chi connectivity index (χ0v) is 34.9.